The number of rotatable bonds is 3. The molecule has 0 fully saturated rings. The van der Waals surface area contributed by atoms with Crippen LogP contribution >= 0.6 is 11.3 Å². The van der Waals surface area contributed by atoms with Crippen LogP contribution in [0.15, 0.2) is 30.3 Å². The van der Waals surface area contributed by atoms with E-state index in [0.29, 0.717) is 6.61 Å². The highest BCUT2D eigenvalue weighted by Crippen LogP contribution is 2.26. The highest BCUT2D eigenvalue weighted by atomic mass is 32.1. The summed E-state index contributed by atoms with van der Waals surface area (Å²) in [6.07, 6.45) is 4.97. The number of aliphatic hydroxyl groups excluding tert-OH is 1. The van der Waals surface area contributed by atoms with E-state index in [4.69, 9.17) is 9.84 Å². The number of fused-ring (bicyclic) bond motifs is 1. The highest BCUT2D eigenvalue weighted by molar-refractivity contribution is 7.12. The fourth-order valence-electron chi connectivity index (χ4n) is 2.60. The Morgan fingerprint density at radius 2 is 1.95 bits per heavy atom. The second-order valence-electron chi connectivity index (χ2n) is 5.15. The first kappa shape index (κ1) is 14.2. The van der Waals surface area contributed by atoms with E-state index >= 15 is 0 Å². The lowest BCUT2D eigenvalue weighted by Crippen LogP contribution is -2.03. The minimum Gasteiger partial charge on any atom is -0.488 e. The van der Waals surface area contributed by atoms with E-state index in [2.05, 4.69) is 30.0 Å². The van der Waals surface area contributed by atoms with Gasteiger partial charge in [-0.3, -0.25) is 0 Å². The molecule has 1 heterocycles. The van der Waals surface area contributed by atoms with E-state index in [1.165, 1.54) is 36.8 Å². The van der Waals surface area contributed by atoms with Crippen LogP contribution in [0.25, 0.3) is 0 Å². The summed E-state index contributed by atoms with van der Waals surface area (Å²) in [7, 11) is 0. The van der Waals surface area contributed by atoms with Gasteiger partial charge in [0.15, 0.2) is 0 Å². The molecule has 1 aromatic heterocycles. The largest absolute Gasteiger partial charge is 0.488 e. The zero-order valence-corrected chi connectivity index (χ0v) is 12.7. The second kappa shape index (κ2) is 6.80. The van der Waals surface area contributed by atoms with Gasteiger partial charge in [-0.05, 0) is 61.1 Å². The molecule has 0 saturated carbocycles. The van der Waals surface area contributed by atoms with Crippen molar-refractivity contribution in [2.45, 2.75) is 32.3 Å². The average Bonchev–Trinajstić information content (AvgIpc) is 2.98. The van der Waals surface area contributed by atoms with Gasteiger partial charge < -0.3 is 9.84 Å². The predicted octanol–water partition coefficient (Wildman–Crippen LogP) is 3.55. The Bertz CT molecular complexity index is 676. The lowest BCUT2D eigenvalue weighted by atomic mass is 9.92. The van der Waals surface area contributed by atoms with Gasteiger partial charge in [-0.2, -0.15) is 0 Å². The van der Waals surface area contributed by atoms with Crippen molar-refractivity contribution in [1.29, 1.82) is 0 Å². The Balaban J connectivity index is 1.63. The van der Waals surface area contributed by atoms with Crippen LogP contribution in [-0.4, -0.2) is 11.7 Å². The van der Waals surface area contributed by atoms with Crippen LogP contribution in [0.5, 0.6) is 5.75 Å². The molecule has 21 heavy (non-hydrogen) atoms. The summed E-state index contributed by atoms with van der Waals surface area (Å²) >= 11 is 1.61. The third-order valence-corrected chi connectivity index (χ3v) is 4.63. The molecule has 3 rings (SSSR count). The van der Waals surface area contributed by atoms with Crippen LogP contribution in [0, 0.1) is 11.8 Å². The number of thiophene rings is 1. The van der Waals surface area contributed by atoms with Crippen molar-refractivity contribution in [3.63, 3.8) is 0 Å². The minimum absolute atomic E-state index is 0.0984. The minimum atomic E-state index is -0.0984. The number of aryl methyl sites for hydroxylation is 2. The molecule has 0 radical (unpaired) electrons. The van der Waals surface area contributed by atoms with Crippen molar-refractivity contribution in [3.8, 4) is 17.6 Å². The van der Waals surface area contributed by atoms with Gasteiger partial charge in [0.2, 0.25) is 0 Å². The zero-order chi connectivity index (χ0) is 14.5. The van der Waals surface area contributed by atoms with Crippen molar-refractivity contribution in [3.05, 3.63) is 51.2 Å². The molecule has 0 bridgehead atoms. The number of ether oxygens (including phenoxy) is 1. The van der Waals surface area contributed by atoms with E-state index in [-0.39, 0.29) is 6.61 Å². The van der Waals surface area contributed by atoms with Crippen LogP contribution in [0.1, 0.15) is 33.7 Å². The molecule has 0 saturated heterocycles. The summed E-state index contributed by atoms with van der Waals surface area (Å²) in [5.74, 6) is 6.53. The van der Waals surface area contributed by atoms with E-state index in [0.717, 1.165) is 15.5 Å². The molecule has 2 aromatic rings. The molecule has 3 heteroatoms. The van der Waals surface area contributed by atoms with Crippen LogP contribution < -0.4 is 4.74 Å². The maximum Gasteiger partial charge on any atom is 0.122 e. The van der Waals surface area contributed by atoms with Crippen molar-refractivity contribution in [1.82, 2.24) is 0 Å². The summed E-state index contributed by atoms with van der Waals surface area (Å²) in [4.78, 5) is 2.11. The highest BCUT2D eigenvalue weighted by Gasteiger charge is 2.10. The standard InChI is InChI=1S/C18H18O2S/c19-11-3-6-17-9-10-18(21-17)13-20-16-8-7-14-4-1-2-5-15(14)12-16/h7-10,12,19H,1-2,4-5,11,13H2. The topological polar surface area (TPSA) is 29.5 Å². The Morgan fingerprint density at radius 1 is 1.10 bits per heavy atom. The van der Waals surface area contributed by atoms with Crippen LogP contribution in [-0.2, 0) is 19.4 Å². The lowest BCUT2D eigenvalue weighted by Gasteiger charge is -2.16. The van der Waals surface area contributed by atoms with Crippen LogP contribution in [0.4, 0.5) is 0 Å². The normalized spacial score (nSPS) is 13.2. The van der Waals surface area contributed by atoms with Gasteiger partial charge >= 0.3 is 0 Å². The molecular formula is C18H18O2S. The monoisotopic (exact) mass is 298 g/mol. The molecule has 0 amide bonds. The quantitative estimate of drug-likeness (QED) is 0.878. The van der Waals surface area contributed by atoms with Gasteiger partial charge in [0.05, 0.1) is 4.88 Å². The molecule has 1 N–H and O–H groups in total. The molecule has 1 aliphatic rings. The Labute approximate surface area is 129 Å². The average molecular weight is 298 g/mol. The van der Waals surface area contributed by atoms with E-state index in [9.17, 15) is 0 Å². The summed E-state index contributed by atoms with van der Waals surface area (Å²) < 4.78 is 5.89. The predicted molar refractivity (Wildman–Crippen MR) is 85.7 cm³/mol. The Hall–Kier alpha value is -1.76. The lowest BCUT2D eigenvalue weighted by molar-refractivity contribution is 0.309. The van der Waals surface area contributed by atoms with Gasteiger partial charge in [-0.1, -0.05) is 17.9 Å². The Morgan fingerprint density at radius 3 is 2.81 bits per heavy atom. The molecule has 0 aliphatic heterocycles. The number of hydrogen-bond donors (Lipinski definition) is 1. The molecule has 0 unspecified atom stereocenters. The smallest absolute Gasteiger partial charge is 0.122 e. The molecule has 0 atom stereocenters. The van der Waals surface area contributed by atoms with Crippen molar-refractivity contribution >= 4 is 11.3 Å². The first-order valence-corrected chi connectivity index (χ1v) is 8.10. The number of benzene rings is 1. The fraction of sp³-hybridized carbons (Fsp3) is 0.333. The van der Waals surface area contributed by atoms with E-state index < -0.39 is 0 Å². The van der Waals surface area contributed by atoms with Crippen LogP contribution in [0.3, 0.4) is 0 Å². The summed E-state index contributed by atoms with van der Waals surface area (Å²) in [6.45, 7) is 0.475. The fourth-order valence-corrected chi connectivity index (χ4v) is 3.40. The summed E-state index contributed by atoms with van der Waals surface area (Å²) in [5, 5.41) is 8.69. The van der Waals surface area contributed by atoms with Gasteiger partial charge in [-0.15, -0.1) is 11.3 Å². The maximum absolute atomic E-state index is 8.69. The van der Waals surface area contributed by atoms with Gasteiger partial charge in [-0.25, -0.2) is 0 Å². The van der Waals surface area contributed by atoms with Gasteiger partial charge in [0.1, 0.15) is 19.0 Å². The van der Waals surface area contributed by atoms with Crippen molar-refractivity contribution < 1.29 is 9.84 Å². The molecule has 1 aliphatic carbocycles. The SMILES string of the molecule is OCC#Cc1ccc(COc2ccc3c(c2)CCCC3)s1. The molecular weight excluding hydrogens is 280 g/mol. The second-order valence-corrected chi connectivity index (χ2v) is 6.32. The zero-order valence-electron chi connectivity index (χ0n) is 11.9. The van der Waals surface area contributed by atoms with Gasteiger partial charge in [0.25, 0.3) is 0 Å². The molecule has 0 spiro atoms. The van der Waals surface area contributed by atoms with E-state index in [1.807, 2.05) is 12.1 Å². The van der Waals surface area contributed by atoms with E-state index in [1.54, 1.807) is 11.3 Å². The molecule has 2 nitrogen and oxygen atoms in total. The summed E-state index contributed by atoms with van der Waals surface area (Å²) in [5.41, 5.74) is 2.92. The Kier molecular flexibility index (Phi) is 4.59. The molecule has 1 aromatic carbocycles. The van der Waals surface area contributed by atoms with Crippen LogP contribution in [0.2, 0.25) is 0 Å². The van der Waals surface area contributed by atoms with Crippen molar-refractivity contribution in [2.75, 3.05) is 6.61 Å². The van der Waals surface area contributed by atoms with Crippen molar-refractivity contribution in [2.24, 2.45) is 0 Å². The number of hydrogen-bond acceptors (Lipinski definition) is 3. The third-order valence-electron chi connectivity index (χ3n) is 3.65. The third kappa shape index (κ3) is 3.66. The van der Waals surface area contributed by atoms with Gasteiger partial charge in [0, 0.05) is 4.88 Å². The maximum atomic E-state index is 8.69. The number of aliphatic hydroxyl groups is 1. The molecule has 108 valence electrons. The first-order valence-electron chi connectivity index (χ1n) is 7.28. The summed E-state index contributed by atoms with van der Waals surface area (Å²) in [6, 6.07) is 10.5. The first-order chi connectivity index (χ1) is 10.3.